The van der Waals surface area contributed by atoms with Gasteiger partial charge < -0.3 is 8.98 Å². The molecule has 8 aromatic carbocycles. The van der Waals surface area contributed by atoms with Gasteiger partial charge in [0.05, 0.1) is 16.7 Å². The van der Waals surface area contributed by atoms with Gasteiger partial charge in [0.2, 0.25) is 0 Å². The van der Waals surface area contributed by atoms with E-state index in [2.05, 4.69) is 126 Å². The molecule has 0 fully saturated rings. The van der Waals surface area contributed by atoms with Crippen molar-refractivity contribution in [2.45, 2.75) is 0 Å². The second kappa shape index (κ2) is 13.0. The summed E-state index contributed by atoms with van der Waals surface area (Å²) in [4.78, 5) is 15.2. The lowest BCUT2D eigenvalue weighted by Gasteiger charge is -2.12. The minimum Gasteiger partial charge on any atom is -0.454 e. The number of nitrogens with zero attached hydrogens (tertiary/aromatic N) is 4. The summed E-state index contributed by atoms with van der Waals surface area (Å²) in [6.07, 6.45) is 0. The first-order chi connectivity index (χ1) is 27.8. The molecule has 0 amide bonds. The number of benzene rings is 8. The van der Waals surface area contributed by atoms with Crippen LogP contribution >= 0.6 is 0 Å². The summed E-state index contributed by atoms with van der Waals surface area (Å²) >= 11 is 0. The standard InChI is InChI=1S/C51H32N4O/c1-5-17-33(18-6-1)37-31-41-47-40(51-53-49(35-21-9-3-10-22-35)52-50(54-51)36-23-11-4-12-24-36)27-16-30-45(47)56-48(41)44(32-37)55-42-28-14-13-25-39(42)46-38(26-15-29-43(46)55)34-19-7-2-8-20-34/h1-32H. The van der Waals surface area contributed by atoms with E-state index >= 15 is 0 Å². The molecule has 3 aromatic heterocycles. The Balaban J connectivity index is 1.23. The Bertz CT molecular complexity index is 3170. The molecule has 0 N–H and O–H groups in total. The Morgan fingerprint density at radius 3 is 1.57 bits per heavy atom. The number of rotatable bonds is 6. The molecule has 0 saturated heterocycles. The van der Waals surface area contributed by atoms with Crippen molar-refractivity contribution in [3.63, 3.8) is 0 Å². The van der Waals surface area contributed by atoms with Gasteiger partial charge >= 0.3 is 0 Å². The maximum atomic E-state index is 7.01. The molecule has 5 heteroatoms. The predicted octanol–water partition coefficient (Wildman–Crippen LogP) is 13.2. The third kappa shape index (κ3) is 5.21. The van der Waals surface area contributed by atoms with Crippen LogP contribution in [0.1, 0.15) is 0 Å². The van der Waals surface area contributed by atoms with Crippen LogP contribution in [0.3, 0.4) is 0 Å². The van der Waals surface area contributed by atoms with Crippen LogP contribution in [0.15, 0.2) is 199 Å². The lowest BCUT2D eigenvalue weighted by molar-refractivity contribution is 0.666. The number of fused-ring (bicyclic) bond motifs is 6. The van der Waals surface area contributed by atoms with Gasteiger partial charge in [0, 0.05) is 38.2 Å². The molecule has 0 spiro atoms. The van der Waals surface area contributed by atoms with Gasteiger partial charge in [-0.2, -0.15) is 0 Å². The van der Waals surface area contributed by atoms with Gasteiger partial charge in [-0.1, -0.05) is 164 Å². The topological polar surface area (TPSA) is 56.7 Å². The minimum atomic E-state index is 0.585. The van der Waals surface area contributed by atoms with Crippen molar-refractivity contribution in [3.8, 4) is 62.1 Å². The molecule has 3 heterocycles. The van der Waals surface area contributed by atoms with E-state index in [1.807, 2.05) is 72.8 Å². The quantitative estimate of drug-likeness (QED) is 0.172. The molecule has 0 bridgehead atoms. The van der Waals surface area contributed by atoms with Gasteiger partial charge in [-0.15, -0.1) is 0 Å². The maximum absolute atomic E-state index is 7.01. The molecule has 0 aliphatic heterocycles. The van der Waals surface area contributed by atoms with E-state index in [-0.39, 0.29) is 0 Å². The van der Waals surface area contributed by atoms with Gasteiger partial charge in [-0.25, -0.2) is 15.0 Å². The summed E-state index contributed by atoms with van der Waals surface area (Å²) in [6, 6.07) is 67.4. The van der Waals surface area contributed by atoms with Gasteiger partial charge in [0.1, 0.15) is 5.58 Å². The first-order valence-electron chi connectivity index (χ1n) is 18.8. The summed E-state index contributed by atoms with van der Waals surface area (Å²) < 4.78 is 9.38. The maximum Gasteiger partial charge on any atom is 0.164 e. The Kier molecular flexibility index (Phi) is 7.42. The zero-order valence-corrected chi connectivity index (χ0v) is 30.2. The van der Waals surface area contributed by atoms with E-state index in [1.165, 1.54) is 21.9 Å². The second-order valence-corrected chi connectivity index (χ2v) is 14.0. The summed E-state index contributed by atoms with van der Waals surface area (Å²) in [6.45, 7) is 0. The van der Waals surface area contributed by atoms with Crippen LogP contribution in [-0.4, -0.2) is 19.5 Å². The molecular weight excluding hydrogens is 685 g/mol. The summed E-state index contributed by atoms with van der Waals surface area (Å²) in [5.74, 6) is 1.82. The summed E-state index contributed by atoms with van der Waals surface area (Å²) in [5.41, 5.74) is 12.0. The molecule has 0 radical (unpaired) electrons. The monoisotopic (exact) mass is 716 g/mol. The third-order valence-corrected chi connectivity index (χ3v) is 10.6. The average Bonchev–Trinajstić information content (AvgIpc) is 3.83. The highest BCUT2D eigenvalue weighted by Gasteiger charge is 2.23. The van der Waals surface area contributed by atoms with Gasteiger partial charge in [0.15, 0.2) is 23.1 Å². The van der Waals surface area contributed by atoms with Crippen LogP contribution in [0.5, 0.6) is 0 Å². The third-order valence-electron chi connectivity index (χ3n) is 10.6. The minimum absolute atomic E-state index is 0.585. The Morgan fingerprint density at radius 2 is 0.893 bits per heavy atom. The number of hydrogen-bond donors (Lipinski definition) is 0. The smallest absolute Gasteiger partial charge is 0.164 e. The number of para-hydroxylation sites is 1. The van der Waals surface area contributed by atoms with Crippen LogP contribution in [0.4, 0.5) is 0 Å². The van der Waals surface area contributed by atoms with Crippen molar-refractivity contribution in [2.24, 2.45) is 0 Å². The highest BCUT2D eigenvalue weighted by molar-refractivity contribution is 6.19. The largest absolute Gasteiger partial charge is 0.454 e. The first kappa shape index (κ1) is 31.9. The number of furan rings is 1. The van der Waals surface area contributed by atoms with Crippen molar-refractivity contribution in [2.75, 3.05) is 0 Å². The van der Waals surface area contributed by atoms with Crippen LogP contribution in [0.25, 0.3) is 106 Å². The van der Waals surface area contributed by atoms with Crippen molar-refractivity contribution < 1.29 is 4.42 Å². The number of hydrogen-bond acceptors (Lipinski definition) is 4. The van der Waals surface area contributed by atoms with E-state index < -0.39 is 0 Å². The van der Waals surface area contributed by atoms with Crippen LogP contribution in [0, 0.1) is 0 Å². The van der Waals surface area contributed by atoms with E-state index in [4.69, 9.17) is 19.4 Å². The Morgan fingerprint density at radius 1 is 0.357 bits per heavy atom. The molecule has 0 aliphatic carbocycles. The predicted molar refractivity (Wildman–Crippen MR) is 229 cm³/mol. The normalized spacial score (nSPS) is 11.6. The van der Waals surface area contributed by atoms with Gasteiger partial charge in [0.25, 0.3) is 0 Å². The molecular formula is C51H32N4O. The van der Waals surface area contributed by atoms with Crippen molar-refractivity contribution in [1.29, 1.82) is 0 Å². The first-order valence-corrected chi connectivity index (χ1v) is 18.8. The average molecular weight is 717 g/mol. The summed E-state index contributed by atoms with van der Waals surface area (Å²) in [5, 5.41) is 4.33. The lowest BCUT2D eigenvalue weighted by atomic mass is 9.99. The lowest BCUT2D eigenvalue weighted by Crippen LogP contribution is -2.00. The molecule has 56 heavy (non-hydrogen) atoms. The molecule has 262 valence electrons. The molecule has 0 aliphatic rings. The molecule has 11 aromatic rings. The SMILES string of the molecule is c1ccc(-c2cc(-n3c4ccccc4c4c(-c5ccccc5)cccc43)c3oc4cccc(-c5nc(-c6ccccc6)nc(-c6ccccc6)n5)c4c3c2)cc1. The van der Waals surface area contributed by atoms with Gasteiger partial charge in [-0.3, -0.25) is 0 Å². The van der Waals surface area contributed by atoms with E-state index in [0.29, 0.717) is 17.5 Å². The van der Waals surface area contributed by atoms with Crippen molar-refractivity contribution in [3.05, 3.63) is 194 Å². The fraction of sp³-hybridized carbons (Fsp3) is 0. The fourth-order valence-corrected chi connectivity index (χ4v) is 8.13. The highest BCUT2D eigenvalue weighted by atomic mass is 16.3. The second-order valence-electron chi connectivity index (χ2n) is 14.0. The summed E-state index contributed by atoms with van der Waals surface area (Å²) in [7, 11) is 0. The van der Waals surface area contributed by atoms with Crippen molar-refractivity contribution in [1.82, 2.24) is 19.5 Å². The Labute approximate surface area is 322 Å². The fourth-order valence-electron chi connectivity index (χ4n) is 8.13. The Hall–Kier alpha value is -7.63. The van der Waals surface area contributed by atoms with E-state index in [0.717, 1.165) is 66.5 Å². The van der Waals surface area contributed by atoms with Crippen LogP contribution < -0.4 is 0 Å². The van der Waals surface area contributed by atoms with Crippen LogP contribution in [0.2, 0.25) is 0 Å². The molecule has 11 rings (SSSR count). The zero-order chi connectivity index (χ0) is 37.0. The van der Waals surface area contributed by atoms with Crippen molar-refractivity contribution >= 4 is 43.7 Å². The zero-order valence-electron chi connectivity index (χ0n) is 30.2. The highest BCUT2D eigenvalue weighted by Crippen LogP contribution is 2.44. The van der Waals surface area contributed by atoms with E-state index in [1.54, 1.807) is 0 Å². The van der Waals surface area contributed by atoms with Crippen LogP contribution in [-0.2, 0) is 0 Å². The molecule has 0 saturated carbocycles. The number of aromatic nitrogens is 4. The van der Waals surface area contributed by atoms with Gasteiger partial charge in [-0.05, 0) is 52.6 Å². The molecule has 0 unspecified atom stereocenters. The molecule has 0 atom stereocenters. The molecule has 5 nitrogen and oxygen atoms in total. The van der Waals surface area contributed by atoms with E-state index in [9.17, 15) is 0 Å².